The highest BCUT2D eigenvalue weighted by molar-refractivity contribution is 5.66. The van der Waals surface area contributed by atoms with Crippen molar-refractivity contribution in [3.8, 4) is 17.2 Å². The molecule has 1 N–H and O–H groups in total. The van der Waals surface area contributed by atoms with Crippen LogP contribution in [0.4, 0.5) is 13.6 Å². The maximum atomic E-state index is 13.0. The van der Waals surface area contributed by atoms with Crippen molar-refractivity contribution in [1.82, 2.24) is 4.90 Å². The topological polar surface area (TPSA) is 68.2 Å². The van der Waals surface area contributed by atoms with E-state index in [4.69, 9.17) is 4.74 Å². The Labute approximate surface area is 130 Å². The van der Waals surface area contributed by atoms with Gasteiger partial charge in [0.25, 0.3) is 0 Å². The number of hydrogen-bond acceptors (Lipinski definition) is 4. The molecule has 2 saturated heterocycles. The predicted octanol–water partition coefficient (Wildman–Crippen LogP) is 3.06. The van der Waals surface area contributed by atoms with E-state index in [1.807, 2.05) is 0 Å². The second-order valence-electron chi connectivity index (χ2n) is 6.06. The van der Waals surface area contributed by atoms with Crippen molar-refractivity contribution in [2.24, 2.45) is 0 Å². The lowest BCUT2D eigenvalue weighted by Crippen LogP contribution is -2.48. The van der Waals surface area contributed by atoms with Crippen LogP contribution in [0.1, 0.15) is 25.7 Å². The molecule has 1 aromatic carbocycles. The normalized spacial score (nSPS) is 30.3. The molecule has 1 unspecified atom stereocenters. The van der Waals surface area contributed by atoms with Gasteiger partial charge in [-0.3, -0.25) is 0 Å². The van der Waals surface area contributed by atoms with Gasteiger partial charge in [-0.2, -0.15) is 0 Å². The minimum Gasteiger partial charge on any atom is -0.490 e. The number of ether oxygens (including phenoxy) is 3. The first kappa shape index (κ1) is 14.3. The molecule has 23 heavy (non-hydrogen) atoms. The molecule has 0 saturated carbocycles. The molecule has 0 aromatic heterocycles. The average molecular weight is 327 g/mol. The number of rotatable bonds is 2. The van der Waals surface area contributed by atoms with Gasteiger partial charge < -0.3 is 24.2 Å². The highest BCUT2D eigenvalue weighted by atomic mass is 19.3. The molecule has 2 fully saturated rings. The van der Waals surface area contributed by atoms with Crippen molar-refractivity contribution >= 4 is 6.09 Å². The number of amides is 1. The van der Waals surface area contributed by atoms with Crippen LogP contribution in [0.2, 0.25) is 0 Å². The molecule has 3 atom stereocenters. The van der Waals surface area contributed by atoms with E-state index in [-0.39, 0.29) is 29.7 Å². The Morgan fingerprint density at radius 1 is 1.22 bits per heavy atom. The van der Waals surface area contributed by atoms with E-state index >= 15 is 0 Å². The van der Waals surface area contributed by atoms with Crippen LogP contribution in [0.5, 0.6) is 17.2 Å². The third kappa shape index (κ3) is 2.51. The van der Waals surface area contributed by atoms with Crippen molar-refractivity contribution < 1.29 is 32.9 Å². The van der Waals surface area contributed by atoms with Crippen molar-refractivity contribution in [1.29, 1.82) is 0 Å². The monoisotopic (exact) mass is 327 g/mol. The second kappa shape index (κ2) is 4.87. The van der Waals surface area contributed by atoms with Gasteiger partial charge in [0.2, 0.25) is 0 Å². The summed E-state index contributed by atoms with van der Waals surface area (Å²) in [5.41, 5.74) is 0. The number of benzene rings is 1. The van der Waals surface area contributed by atoms with Gasteiger partial charge in [-0.25, -0.2) is 4.79 Å². The molecule has 2 bridgehead atoms. The summed E-state index contributed by atoms with van der Waals surface area (Å²) in [5, 5.41) is 9.23. The van der Waals surface area contributed by atoms with Crippen LogP contribution in [-0.4, -0.2) is 40.6 Å². The fraction of sp³-hybridized carbons (Fsp3) is 0.533. The van der Waals surface area contributed by atoms with Crippen LogP contribution in [-0.2, 0) is 0 Å². The van der Waals surface area contributed by atoms with Crippen LogP contribution in [0.15, 0.2) is 18.2 Å². The standard InChI is InChI=1S/C15H15F2NO5/c16-15(17)22-12-4-3-10(7-13(12)23-15)21-11-5-8-1-2-9(6-11)18(8)14(19)20/h3-4,7-9,11H,1-2,5-6H2,(H,19,20)/t8-,9+,11?. The molecule has 8 heteroatoms. The summed E-state index contributed by atoms with van der Waals surface area (Å²) in [5.74, 6) is 0.333. The third-order valence-electron chi connectivity index (χ3n) is 4.59. The number of nitrogens with zero attached hydrogens (tertiary/aromatic N) is 1. The first-order chi connectivity index (χ1) is 10.9. The Balaban J connectivity index is 1.46. The number of fused-ring (bicyclic) bond motifs is 3. The minimum atomic E-state index is -3.65. The van der Waals surface area contributed by atoms with Crippen LogP contribution in [0, 0.1) is 0 Å². The smallest absolute Gasteiger partial charge is 0.490 e. The van der Waals surface area contributed by atoms with Crippen molar-refractivity contribution in [3.05, 3.63) is 18.2 Å². The summed E-state index contributed by atoms with van der Waals surface area (Å²) in [7, 11) is 0. The van der Waals surface area contributed by atoms with Crippen LogP contribution >= 0.6 is 0 Å². The summed E-state index contributed by atoms with van der Waals surface area (Å²) in [4.78, 5) is 12.8. The largest absolute Gasteiger partial charge is 0.586 e. The molecule has 0 aliphatic carbocycles. The highest BCUT2D eigenvalue weighted by Gasteiger charge is 2.45. The average Bonchev–Trinajstić information content (AvgIpc) is 2.91. The van der Waals surface area contributed by atoms with Crippen LogP contribution < -0.4 is 14.2 Å². The number of alkyl halides is 2. The van der Waals surface area contributed by atoms with Gasteiger partial charge in [-0.1, -0.05) is 0 Å². The van der Waals surface area contributed by atoms with Gasteiger partial charge in [-0.15, -0.1) is 8.78 Å². The Morgan fingerprint density at radius 3 is 2.52 bits per heavy atom. The molecule has 3 aliphatic rings. The van der Waals surface area contributed by atoms with E-state index in [1.54, 1.807) is 6.07 Å². The zero-order chi connectivity index (χ0) is 16.2. The lowest BCUT2D eigenvalue weighted by Gasteiger charge is -2.37. The van der Waals surface area contributed by atoms with E-state index < -0.39 is 12.4 Å². The summed E-state index contributed by atoms with van der Waals surface area (Å²) in [6.07, 6.45) is -1.78. The van der Waals surface area contributed by atoms with Gasteiger partial charge in [0.15, 0.2) is 11.5 Å². The molecule has 0 radical (unpaired) electrons. The first-order valence-electron chi connectivity index (χ1n) is 7.49. The van der Waals surface area contributed by atoms with Gasteiger partial charge in [0, 0.05) is 31.0 Å². The third-order valence-corrected chi connectivity index (χ3v) is 4.59. The van der Waals surface area contributed by atoms with E-state index in [2.05, 4.69) is 9.47 Å². The van der Waals surface area contributed by atoms with Gasteiger partial charge in [0.1, 0.15) is 11.9 Å². The molecular formula is C15H15F2NO5. The molecule has 0 spiro atoms. The molecule has 124 valence electrons. The molecule has 3 aliphatic heterocycles. The number of halogens is 2. The zero-order valence-corrected chi connectivity index (χ0v) is 12.1. The number of carbonyl (C=O) groups is 1. The van der Waals surface area contributed by atoms with E-state index in [0.717, 1.165) is 12.8 Å². The molecule has 4 rings (SSSR count). The van der Waals surface area contributed by atoms with Crippen LogP contribution in [0.3, 0.4) is 0 Å². The number of piperidine rings is 1. The quantitative estimate of drug-likeness (QED) is 0.904. The highest BCUT2D eigenvalue weighted by Crippen LogP contribution is 2.44. The maximum absolute atomic E-state index is 13.0. The van der Waals surface area contributed by atoms with Crippen LogP contribution in [0.25, 0.3) is 0 Å². The molecule has 1 amide bonds. The van der Waals surface area contributed by atoms with Crippen molar-refractivity contribution in [2.45, 2.75) is 50.2 Å². The molecule has 3 heterocycles. The zero-order valence-electron chi connectivity index (χ0n) is 12.1. The fourth-order valence-electron chi connectivity index (χ4n) is 3.73. The van der Waals surface area contributed by atoms with E-state index in [1.165, 1.54) is 17.0 Å². The lowest BCUT2D eigenvalue weighted by atomic mass is 10.0. The lowest BCUT2D eigenvalue weighted by molar-refractivity contribution is -0.286. The number of hydrogen-bond donors (Lipinski definition) is 1. The summed E-state index contributed by atoms with van der Waals surface area (Å²) in [6, 6.07) is 4.24. The summed E-state index contributed by atoms with van der Waals surface area (Å²) in [6.45, 7) is 0. The first-order valence-corrected chi connectivity index (χ1v) is 7.49. The van der Waals surface area contributed by atoms with Crippen molar-refractivity contribution in [3.63, 3.8) is 0 Å². The van der Waals surface area contributed by atoms with Crippen molar-refractivity contribution in [2.75, 3.05) is 0 Å². The summed E-state index contributed by atoms with van der Waals surface area (Å²) >= 11 is 0. The van der Waals surface area contributed by atoms with E-state index in [0.29, 0.717) is 18.6 Å². The molecular weight excluding hydrogens is 312 g/mol. The SMILES string of the molecule is O=C(O)N1[C@@H]2CC[C@H]1CC(Oc1ccc3c(c1)OC(F)(F)O3)C2. The molecule has 6 nitrogen and oxygen atoms in total. The minimum absolute atomic E-state index is 0.0249. The second-order valence-corrected chi connectivity index (χ2v) is 6.06. The van der Waals surface area contributed by atoms with E-state index in [9.17, 15) is 18.7 Å². The summed E-state index contributed by atoms with van der Waals surface area (Å²) < 4.78 is 40.6. The Bertz CT molecular complexity index is 639. The Hall–Kier alpha value is -2.25. The Kier molecular flexibility index (Phi) is 3.04. The van der Waals surface area contributed by atoms with Gasteiger partial charge >= 0.3 is 12.4 Å². The molecule has 1 aromatic rings. The predicted molar refractivity (Wildman–Crippen MR) is 73.0 cm³/mol. The number of carboxylic acid groups (broad SMARTS) is 1. The Morgan fingerprint density at radius 2 is 1.87 bits per heavy atom. The van der Waals surface area contributed by atoms with Gasteiger partial charge in [0.05, 0.1) is 0 Å². The fourth-order valence-corrected chi connectivity index (χ4v) is 3.73. The van der Waals surface area contributed by atoms with Gasteiger partial charge in [-0.05, 0) is 25.0 Å². The maximum Gasteiger partial charge on any atom is 0.586 e.